The van der Waals surface area contributed by atoms with Crippen LogP contribution in [0.15, 0.2) is 67.1 Å². The van der Waals surface area contributed by atoms with Crippen molar-refractivity contribution in [2.45, 2.75) is 25.3 Å². The summed E-state index contributed by atoms with van der Waals surface area (Å²) in [5, 5.41) is 6.31. The molecule has 2 heterocycles. The molecule has 0 spiro atoms. The van der Waals surface area contributed by atoms with Crippen LogP contribution in [0.4, 0.5) is 0 Å². The van der Waals surface area contributed by atoms with E-state index in [0.717, 1.165) is 5.56 Å². The van der Waals surface area contributed by atoms with E-state index in [4.69, 9.17) is 16.3 Å². The van der Waals surface area contributed by atoms with Crippen LogP contribution in [0, 0.1) is 0 Å². The molecule has 3 aromatic rings. The molecule has 192 valence electrons. The molecule has 0 fully saturated rings. The maximum atomic E-state index is 13.1. The van der Waals surface area contributed by atoms with Crippen molar-refractivity contribution in [3.05, 3.63) is 89.0 Å². The summed E-state index contributed by atoms with van der Waals surface area (Å²) >= 11 is 6.15. The summed E-state index contributed by atoms with van der Waals surface area (Å²) < 4.78 is 6.03. The summed E-state index contributed by atoms with van der Waals surface area (Å²) in [5.74, 6) is -0.592. The average Bonchev–Trinajstić information content (AvgIpc) is 2.91. The molecule has 0 saturated carbocycles. The molecule has 1 aromatic heterocycles. The molecule has 1 atom stereocenters. The zero-order valence-electron chi connectivity index (χ0n) is 20.2. The van der Waals surface area contributed by atoms with Gasteiger partial charge in [-0.15, -0.1) is 0 Å². The van der Waals surface area contributed by atoms with Crippen LogP contribution < -0.4 is 15.4 Å². The predicted molar refractivity (Wildman–Crippen MR) is 139 cm³/mol. The fourth-order valence-corrected chi connectivity index (χ4v) is 4.22. The molecule has 0 unspecified atom stereocenters. The van der Waals surface area contributed by atoms with E-state index in [-0.39, 0.29) is 36.6 Å². The molecule has 4 rings (SSSR count). The highest BCUT2D eigenvalue weighted by atomic mass is 35.5. The summed E-state index contributed by atoms with van der Waals surface area (Å²) in [6.45, 7) is 0.701. The van der Waals surface area contributed by atoms with Gasteiger partial charge in [-0.25, -0.2) is 9.97 Å². The van der Waals surface area contributed by atoms with Gasteiger partial charge in [-0.05, 0) is 49.1 Å². The van der Waals surface area contributed by atoms with E-state index in [1.54, 1.807) is 18.2 Å². The summed E-state index contributed by atoms with van der Waals surface area (Å²) in [6.07, 6.45) is 4.47. The Kier molecular flexibility index (Phi) is 9.04. The molecule has 10 heteroatoms. The first kappa shape index (κ1) is 26.1. The van der Waals surface area contributed by atoms with E-state index in [1.165, 1.54) is 23.5 Å². The fraction of sp³-hybridized carbons (Fsp3) is 0.296. The fourth-order valence-electron chi connectivity index (χ4n) is 4.05. The van der Waals surface area contributed by atoms with E-state index in [0.29, 0.717) is 48.7 Å². The Morgan fingerprint density at radius 1 is 1.11 bits per heavy atom. The van der Waals surface area contributed by atoms with E-state index in [9.17, 15) is 14.4 Å². The van der Waals surface area contributed by atoms with Gasteiger partial charge in [-0.2, -0.15) is 0 Å². The third-order valence-corrected chi connectivity index (χ3v) is 6.11. The zero-order valence-corrected chi connectivity index (χ0v) is 21.0. The summed E-state index contributed by atoms with van der Waals surface area (Å²) in [5.41, 5.74) is 1.55. The third kappa shape index (κ3) is 7.50. The molecule has 1 aliphatic heterocycles. The number of halogens is 1. The van der Waals surface area contributed by atoms with Crippen LogP contribution in [0.5, 0.6) is 5.75 Å². The molecule has 2 aromatic carbocycles. The minimum atomic E-state index is -0.414. The maximum Gasteiger partial charge on any atom is 0.273 e. The van der Waals surface area contributed by atoms with Crippen LogP contribution in [0.25, 0.3) is 0 Å². The van der Waals surface area contributed by atoms with E-state index < -0.39 is 6.04 Å². The van der Waals surface area contributed by atoms with Gasteiger partial charge in [0.1, 0.15) is 24.4 Å². The maximum absolute atomic E-state index is 13.1. The number of ether oxygens (including phenoxy) is 1. The first-order valence-corrected chi connectivity index (χ1v) is 12.5. The van der Waals surface area contributed by atoms with Gasteiger partial charge < -0.3 is 20.3 Å². The number of fused-ring (bicyclic) bond motifs is 1. The molecule has 0 bridgehead atoms. The van der Waals surface area contributed by atoms with Crippen molar-refractivity contribution >= 4 is 29.3 Å². The van der Waals surface area contributed by atoms with Crippen molar-refractivity contribution < 1.29 is 19.1 Å². The lowest BCUT2D eigenvalue weighted by molar-refractivity contribution is -0.122. The van der Waals surface area contributed by atoms with Crippen molar-refractivity contribution in [2.24, 2.45) is 0 Å². The standard InChI is InChI=1S/C27H28ClN5O4/c28-20-8-9-24-22(15-20)26(35)30-11-4-5-13-33(27(36)23-10-12-29-18-31-23)16-25(34)32-21(17-37-24)14-19-6-2-1-3-7-19/h1-3,6-10,12,15,18,21H,4-5,11,13-14,16-17H2,(H,30,35)(H,32,34)/t21-/m1/s1. The van der Waals surface area contributed by atoms with Crippen LogP contribution in [0.2, 0.25) is 5.02 Å². The SMILES string of the molecule is O=C1CN(C(=O)c2ccncn2)CCCCNC(=O)c2cc(Cl)ccc2OC[C@@H](Cc2ccccc2)N1. The van der Waals surface area contributed by atoms with Gasteiger partial charge >= 0.3 is 0 Å². The van der Waals surface area contributed by atoms with Crippen LogP contribution in [-0.2, 0) is 11.2 Å². The molecule has 3 amide bonds. The van der Waals surface area contributed by atoms with Crippen LogP contribution in [-0.4, -0.2) is 64.9 Å². The average molecular weight is 522 g/mol. The van der Waals surface area contributed by atoms with E-state index in [1.807, 2.05) is 30.3 Å². The molecule has 0 saturated heterocycles. The van der Waals surface area contributed by atoms with Crippen LogP contribution in [0.1, 0.15) is 39.3 Å². The smallest absolute Gasteiger partial charge is 0.273 e. The first-order valence-electron chi connectivity index (χ1n) is 12.1. The Balaban J connectivity index is 1.58. The molecule has 9 nitrogen and oxygen atoms in total. The zero-order chi connectivity index (χ0) is 26.0. The van der Waals surface area contributed by atoms with Crippen molar-refractivity contribution in [2.75, 3.05) is 26.2 Å². The Bertz CT molecular complexity index is 1230. The topological polar surface area (TPSA) is 114 Å². The summed E-state index contributed by atoms with van der Waals surface area (Å²) in [4.78, 5) is 48.5. The molecular weight excluding hydrogens is 494 g/mol. The molecule has 1 aliphatic rings. The predicted octanol–water partition coefficient (Wildman–Crippen LogP) is 2.90. The van der Waals surface area contributed by atoms with Crippen molar-refractivity contribution in [1.82, 2.24) is 25.5 Å². The molecular formula is C27H28ClN5O4. The molecule has 2 N–H and O–H groups in total. The molecule has 0 aliphatic carbocycles. The first-order chi connectivity index (χ1) is 18.0. The number of hydrogen-bond acceptors (Lipinski definition) is 6. The van der Waals surface area contributed by atoms with Crippen molar-refractivity contribution in [3.8, 4) is 5.75 Å². The summed E-state index contributed by atoms with van der Waals surface area (Å²) in [7, 11) is 0. The number of carbonyl (C=O) groups is 3. The third-order valence-electron chi connectivity index (χ3n) is 5.88. The number of amides is 3. The number of benzene rings is 2. The number of aromatic nitrogens is 2. The van der Waals surface area contributed by atoms with E-state index in [2.05, 4.69) is 20.6 Å². The second-order valence-corrected chi connectivity index (χ2v) is 9.13. The van der Waals surface area contributed by atoms with Gasteiger partial charge in [-0.1, -0.05) is 41.9 Å². The second-order valence-electron chi connectivity index (χ2n) is 8.69. The highest BCUT2D eigenvalue weighted by molar-refractivity contribution is 6.31. The Hall–Kier alpha value is -3.98. The minimum absolute atomic E-state index is 0.113. The normalized spacial score (nSPS) is 17.3. The minimum Gasteiger partial charge on any atom is -0.491 e. The highest BCUT2D eigenvalue weighted by Crippen LogP contribution is 2.23. The van der Waals surface area contributed by atoms with E-state index >= 15 is 0 Å². The van der Waals surface area contributed by atoms with Gasteiger partial charge in [0, 0.05) is 24.3 Å². The van der Waals surface area contributed by atoms with Crippen LogP contribution >= 0.6 is 11.6 Å². The number of rotatable bonds is 3. The summed E-state index contributed by atoms with van der Waals surface area (Å²) in [6, 6.07) is 15.7. The molecule has 0 radical (unpaired) electrons. The largest absolute Gasteiger partial charge is 0.491 e. The number of nitrogens with one attached hydrogen (secondary N) is 2. The number of nitrogens with zero attached hydrogens (tertiary/aromatic N) is 3. The van der Waals surface area contributed by atoms with Gasteiger partial charge in [0.2, 0.25) is 5.91 Å². The Labute approximate surface area is 220 Å². The lowest BCUT2D eigenvalue weighted by atomic mass is 10.1. The van der Waals surface area contributed by atoms with Gasteiger partial charge in [0.05, 0.1) is 18.2 Å². The quantitative estimate of drug-likeness (QED) is 0.548. The lowest BCUT2D eigenvalue weighted by Crippen LogP contribution is -2.47. The number of carbonyl (C=O) groups excluding carboxylic acids is 3. The highest BCUT2D eigenvalue weighted by Gasteiger charge is 2.23. The lowest BCUT2D eigenvalue weighted by Gasteiger charge is -2.24. The second kappa shape index (κ2) is 12.8. The monoisotopic (exact) mass is 521 g/mol. The van der Waals surface area contributed by atoms with Gasteiger partial charge in [0.15, 0.2) is 0 Å². The Morgan fingerprint density at radius 3 is 2.73 bits per heavy atom. The van der Waals surface area contributed by atoms with Gasteiger partial charge in [0.25, 0.3) is 11.8 Å². The number of hydrogen-bond donors (Lipinski definition) is 2. The van der Waals surface area contributed by atoms with Gasteiger partial charge in [-0.3, -0.25) is 14.4 Å². The Morgan fingerprint density at radius 2 is 1.95 bits per heavy atom. The van der Waals surface area contributed by atoms with Crippen LogP contribution in [0.3, 0.4) is 0 Å². The van der Waals surface area contributed by atoms with Crippen molar-refractivity contribution in [1.29, 1.82) is 0 Å². The van der Waals surface area contributed by atoms with Crippen molar-refractivity contribution in [3.63, 3.8) is 0 Å². The molecule has 37 heavy (non-hydrogen) atoms.